The van der Waals surface area contributed by atoms with Crippen LogP contribution in [0.1, 0.15) is 10.4 Å². The maximum absolute atomic E-state index is 12.4. The van der Waals surface area contributed by atoms with Gasteiger partial charge in [-0.15, -0.1) is 0 Å². The van der Waals surface area contributed by atoms with Gasteiger partial charge in [-0.05, 0) is 47.5 Å². The van der Waals surface area contributed by atoms with Crippen LogP contribution in [0, 0.1) is 0 Å². The Labute approximate surface area is 187 Å². The van der Waals surface area contributed by atoms with E-state index in [4.69, 9.17) is 4.74 Å². The number of rotatable bonds is 8. The Morgan fingerprint density at radius 2 is 1.47 bits per heavy atom. The molecule has 0 aliphatic heterocycles. The molecule has 0 fully saturated rings. The highest BCUT2D eigenvalue weighted by atomic mass is 16.5. The second kappa shape index (κ2) is 10.8. The molecule has 0 atom stereocenters. The molecule has 0 unspecified atom stereocenters. The van der Waals surface area contributed by atoms with Crippen molar-refractivity contribution in [3.63, 3.8) is 0 Å². The maximum atomic E-state index is 12.4. The molecule has 0 aromatic heterocycles. The predicted molar refractivity (Wildman–Crippen MR) is 123 cm³/mol. The van der Waals surface area contributed by atoms with Crippen LogP contribution in [-0.2, 0) is 9.59 Å². The molecule has 0 heterocycles. The average Bonchev–Trinajstić information content (AvgIpc) is 2.83. The first-order chi connectivity index (χ1) is 15.5. The van der Waals surface area contributed by atoms with E-state index in [9.17, 15) is 14.4 Å². The first-order valence-electron chi connectivity index (χ1n) is 10.1. The van der Waals surface area contributed by atoms with E-state index in [0.717, 1.165) is 11.1 Å². The van der Waals surface area contributed by atoms with Crippen molar-refractivity contribution in [3.05, 3.63) is 84.4 Å². The molecule has 3 aromatic carbocycles. The maximum Gasteiger partial charge on any atom is 0.251 e. The summed E-state index contributed by atoms with van der Waals surface area (Å²) in [4.78, 5) is 38.1. The molecular weight excluding hydrogens is 406 g/mol. The number of carbonyl (C=O) groups excluding carboxylic acids is 3. The standard InChI is InChI=1S/C25H25N3O4/c1-28(17-23(29)27-21-12-14-22(32-2)15-13-21)24(30)16-26-25(31)20-10-8-19(9-11-20)18-6-4-3-5-7-18/h3-15H,16-17H2,1-2H3,(H,26,31)(H,27,29). The van der Waals surface area contributed by atoms with Crippen LogP contribution in [0.3, 0.4) is 0 Å². The summed E-state index contributed by atoms with van der Waals surface area (Å²) in [5.41, 5.74) is 3.12. The van der Waals surface area contributed by atoms with Gasteiger partial charge in [0.25, 0.3) is 5.91 Å². The summed E-state index contributed by atoms with van der Waals surface area (Å²) < 4.78 is 5.07. The fourth-order valence-corrected chi connectivity index (χ4v) is 3.02. The van der Waals surface area contributed by atoms with Crippen LogP contribution in [0.4, 0.5) is 5.69 Å². The zero-order valence-electron chi connectivity index (χ0n) is 18.0. The molecule has 32 heavy (non-hydrogen) atoms. The van der Waals surface area contributed by atoms with Crippen LogP contribution in [-0.4, -0.2) is 49.9 Å². The molecule has 0 aliphatic carbocycles. The Morgan fingerprint density at radius 3 is 2.09 bits per heavy atom. The largest absolute Gasteiger partial charge is 0.497 e. The molecule has 7 heteroatoms. The van der Waals surface area contributed by atoms with Gasteiger partial charge in [-0.1, -0.05) is 42.5 Å². The molecule has 0 radical (unpaired) electrons. The third-order valence-electron chi connectivity index (χ3n) is 4.83. The van der Waals surface area contributed by atoms with Crippen molar-refractivity contribution in [3.8, 4) is 16.9 Å². The molecule has 0 saturated heterocycles. The molecule has 0 spiro atoms. The molecule has 0 bridgehead atoms. The third-order valence-corrected chi connectivity index (χ3v) is 4.83. The summed E-state index contributed by atoms with van der Waals surface area (Å²) in [6.07, 6.45) is 0. The smallest absolute Gasteiger partial charge is 0.251 e. The third kappa shape index (κ3) is 6.18. The lowest BCUT2D eigenvalue weighted by Crippen LogP contribution is -2.41. The highest BCUT2D eigenvalue weighted by Gasteiger charge is 2.15. The van der Waals surface area contributed by atoms with Gasteiger partial charge in [-0.3, -0.25) is 14.4 Å². The zero-order chi connectivity index (χ0) is 22.9. The number of anilines is 1. The Balaban J connectivity index is 1.46. The van der Waals surface area contributed by atoms with Gasteiger partial charge in [-0.2, -0.15) is 0 Å². The summed E-state index contributed by atoms with van der Waals surface area (Å²) in [6, 6.07) is 23.9. The van der Waals surface area contributed by atoms with Crippen molar-refractivity contribution >= 4 is 23.4 Å². The minimum Gasteiger partial charge on any atom is -0.497 e. The van der Waals surface area contributed by atoms with Gasteiger partial charge in [0, 0.05) is 18.3 Å². The molecular formula is C25H25N3O4. The van der Waals surface area contributed by atoms with Gasteiger partial charge in [0.15, 0.2) is 0 Å². The second-order valence-corrected chi connectivity index (χ2v) is 7.15. The first-order valence-corrected chi connectivity index (χ1v) is 10.1. The lowest BCUT2D eigenvalue weighted by atomic mass is 10.0. The number of likely N-dealkylation sites (N-methyl/N-ethyl adjacent to an activating group) is 1. The minimum atomic E-state index is -0.371. The summed E-state index contributed by atoms with van der Waals surface area (Å²) in [5.74, 6) is -0.382. The van der Waals surface area contributed by atoms with Gasteiger partial charge in [0.2, 0.25) is 11.8 Å². The van der Waals surface area contributed by atoms with Gasteiger partial charge < -0.3 is 20.3 Å². The zero-order valence-corrected chi connectivity index (χ0v) is 18.0. The molecule has 3 aromatic rings. The van der Waals surface area contributed by atoms with E-state index in [1.54, 1.807) is 43.5 Å². The van der Waals surface area contributed by atoms with Crippen LogP contribution < -0.4 is 15.4 Å². The van der Waals surface area contributed by atoms with Crippen molar-refractivity contribution in [1.29, 1.82) is 0 Å². The van der Waals surface area contributed by atoms with Crippen molar-refractivity contribution < 1.29 is 19.1 Å². The highest BCUT2D eigenvalue weighted by Crippen LogP contribution is 2.19. The molecule has 164 valence electrons. The number of nitrogens with zero attached hydrogens (tertiary/aromatic N) is 1. The van der Waals surface area contributed by atoms with Crippen molar-refractivity contribution in [2.24, 2.45) is 0 Å². The minimum absolute atomic E-state index is 0.132. The van der Waals surface area contributed by atoms with E-state index in [1.165, 1.54) is 11.9 Å². The number of methoxy groups -OCH3 is 1. The summed E-state index contributed by atoms with van der Waals surface area (Å²) in [6.45, 7) is -0.335. The van der Waals surface area contributed by atoms with Crippen molar-refractivity contribution in [2.75, 3.05) is 32.6 Å². The van der Waals surface area contributed by atoms with E-state index >= 15 is 0 Å². The Morgan fingerprint density at radius 1 is 0.844 bits per heavy atom. The van der Waals surface area contributed by atoms with Crippen LogP contribution in [0.15, 0.2) is 78.9 Å². The van der Waals surface area contributed by atoms with Gasteiger partial charge in [-0.25, -0.2) is 0 Å². The molecule has 7 nitrogen and oxygen atoms in total. The summed E-state index contributed by atoms with van der Waals surface area (Å²) >= 11 is 0. The molecule has 3 amide bonds. The van der Waals surface area contributed by atoms with Crippen molar-refractivity contribution in [1.82, 2.24) is 10.2 Å². The Hall–Kier alpha value is -4.13. The number of ether oxygens (including phenoxy) is 1. The number of benzene rings is 3. The van der Waals surface area contributed by atoms with Gasteiger partial charge >= 0.3 is 0 Å². The monoisotopic (exact) mass is 431 g/mol. The lowest BCUT2D eigenvalue weighted by Gasteiger charge is -2.17. The Bertz CT molecular complexity index is 1060. The SMILES string of the molecule is COc1ccc(NC(=O)CN(C)C(=O)CNC(=O)c2ccc(-c3ccccc3)cc2)cc1. The van der Waals surface area contributed by atoms with E-state index < -0.39 is 0 Å². The predicted octanol–water partition coefficient (Wildman–Crippen LogP) is 3.19. The van der Waals surface area contributed by atoms with E-state index in [2.05, 4.69) is 10.6 Å². The topological polar surface area (TPSA) is 87.7 Å². The van der Waals surface area contributed by atoms with Gasteiger partial charge in [0.1, 0.15) is 5.75 Å². The Kier molecular flexibility index (Phi) is 7.59. The molecule has 0 saturated carbocycles. The number of amides is 3. The fraction of sp³-hybridized carbons (Fsp3) is 0.160. The van der Waals surface area contributed by atoms with E-state index in [1.807, 2.05) is 42.5 Å². The second-order valence-electron chi connectivity index (χ2n) is 7.15. The van der Waals surface area contributed by atoms with E-state index in [-0.39, 0.29) is 30.8 Å². The average molecular weight is 431 g/mol. The number of hydrogen-bond acceptors (Lipinski definition) is 4. The highest BCUT2D eigenvalue weighted by molar-refractivity contribution is 5.98. The normalized spacial score (nSPS) is 10.2. The first kappa shape index (κ1) is 22.6. The number of carbonyl (C=O) groups is 3. The van der Waals surface area contributed by atoms with Crippen LogP contribution in [0.5, 0.6) is 5.75 Å². The quantitative estimate of drug-likeness (QED) is 0.573. The lowest BCUT2D eigenvalue weighted by molar-refractivity contribution is -0.132. The van der Waals surface area contributed by atoms with Crippen LogP contribution in [0.2, 0.25) is 0 Å². The van der Waals surface area contributed by atoms with Crippen LogP contribution in [0.25, 0.3) is 11.1 Å². The summed E-state index contributed by atoms with van der Waals surface area (Å²) in [7, 11) is 3.07. The van der Waals surface area contributed by atoms with Gasteiger partial charge in [0.05, 0.1) is 20.2 Å². The summed E-state index contributed by atoms with van der Waals surface area (Å²) in [5, 5.41) is 5.31. The van der Waals surface area contributed by atoms with Crippen molar-refractivity contribution in [2.45, 2.75) is 0 Å². The fourth-order valence-electron chi connectivity index (χ4n) is 3.02. The number of nitrogens with one attached hydrogen (secondary N) is 2. The number of hydrogen-bond donors (Lipinski definition) is 2. The van der Waals surface area contributed by atoms with E-state index in [0.29, 0.717) is 17.0 Å². The van der Waals surface area contributed by atoms with Crippen LogP contribution >= 0.6 is 0 Å². The molecule has 3 rings (SSSR count). The molecule has 0 aliphatic rings. The molecule has 2 N–H and O–H groups in total.